The van der Waals surface area contributed by atoms with E-state index in [4.69, 9.17) is 4.74 Å². The summed E-state index contributed by atoms with van der Waals surface area (Å²) in [5, 5.41) is 0. The van der Waals surface area contributed by atoms with Gasteiger partial charge in [0.05, 0.1) is 22.4 Å². The number of aryl methyl sites for hydroxylation is 1. The van der Waals surface area contributed by atoms with Gasteiger partial charge in [0, 0.05) is 13.0 Å². The monoisotopic (exact) mass is 320 g/mol. The summed E-state index contributed by atoms with van der Waals surface area (Å²) in [6.07, 6.45) is 1.23. The number of fused-ring (bicyclic) bond motifs is 1. The van der Waals surface area contributed by atoms with Crippen LogP contribution in [-0.2, 0) is 16.1 Å². The Morgan fingerprint density at radius 3 is 2.68 bits per heavy atom. The van der Waals surface area contributed by atoms with Gasteiger partial charge in [-0.15, -0.1) is 0 Å². The Morgan fingerprint density at radius 2 is 2.05 bits per heavy atom. The van der Waals surface area contributed by atoms with Gasteiger partial charge < -0.3 is 9.30 Å². The lowest BCUT2D eigenvalue weighted by Gasteiger charge is -2.03. The number of carbonyl (C=O) groups excluding carboxylic acids is 2. The summed E-state index contributed by atoms with van der Waals surface area (Å²) in [4.78, 5) is 28.5. The summed E-state index contributed by atoms with van der Waals surface area (Å²) in [6, 6.07) is 5.43. The summed E-state index contributed by atoms with van der Waals surface area (Å²) in [7, 11) is 0. The van der Waals surface area contributed by atoms with Crippen molar-refractivity contribution in [3.05, 3.63) is 28.6 Å². The van der Waals surface area contributed by atoms with Crippen molar-refractivity contribution >= 4 is 33.4 Å². The van der Waals surface area contributed by atoms with Crippen molar-refractivity contribution in [2.75, 3.05) is 6.61 Å². The van der Waals surface area contributed by atoms with Crippen molar-refractivity contribution in [3.8, 4) is 0 Å². The quantitative estimate of drug-likeness (QED) is 0.795. The second-order valence-corrected chi connectivity index (χ2v) is 5.80. The maximum atomic E-state index is 11.8. The first-order chi connectivity index (χ1) is 10.6. The molecule has 1 aromatic carbocycles. The van der Waals surface area contributed by atoms with Crippen molar-refractivity contribution in [3.63, 3.8) is 0 Å². The molecule has 0 unspecified atom stereocenters. The molecule has 2 aromatic rings. The van der Waals surface area contributed by atoms with Gasteiger partial charge in [0.25, 0.3) is 0 Å². The Kier molecular flexibility index (Phi) is 5.49. The first-order valence-corrected chi connectivity index (χ1v) is 8.30. The number of amides is 1. The Morgan fingerprint density at radius 1 is 1.27 bits per heavy atom. The minimum atomic E-state index is -0.332. The van der Waals surface area contributed by atoms with Crippen LogP contribution < -0.4 is 4.80 Å². The van der Waals surface area contributed by atoms with Gasteiger partial charge >= 0.3 is 5.97 Å². The van der Waals surface area contributed by atoms with E-state index in [0.717, 1.165) is 23.2 Å². The number of ether oxygens (including phenoxy) is 1. The highest BCUT2D eigenvalue weighted by Gasteiger charge is 2.11. The molecule has 22 heavy (non-hydrogen) atoms. The molecule has 118 valence electrons. The summed E-state index contributed by atoms with van der Waals surface area (Å²) >= 11 is 1.42. The third-order valence-corrected chi connectivity index (χ3v) is 4.24. The summed E-state index contributed by atoms with van der Waals surface area (Å²) in [5.74, 6) is -0.441. The van der Waals surface area contributed by atoms with Gasteiger partial charge in [-0.2, -0.15) is 4.99 Å². The summed E-state index contributed by atoms with van der Waals surface area (Å²) < 4.78 is 7.93. The molecule has 0 aliphatic carbocycles. The van der Waals surface area contributed by atoms with E-state index >= 15 is 0 Å². The SMILES string of the molecule is CCCC(=O)N=c1sc2cc(C(=O)OCC)ccc2n1CC. The maximum absolute atomic E-state index is 11.8. The molecule has 2 rings (SSSR count). The van der Waals surface area contributed by atoms with E-state index in [9.17, 15) is 9.59 Å². The largest absolute Gasteiger partial charge is 0.462 e. The lowest BCUT2D eigenvalue weighted by atomic mass is 10.2. The van der Waals surface area contributed by atoms with Gasteiger partial charge in [0.1, 0.15) is 0 Å². The number of thiazole rings is 1. The molecule has 0 saturated heterocycles. The number of hydrogen-bond donors (Lipinski definition) is 0. The van der Waals surface area contributed by atoms with E-state index in [2.05, 4.69) is 4.99 Å². The molecule has 0 aliphatic heterocycles. The summed E-state index contributed by atoms with van der Waals surface area (Å²) in [6.45, 7) is 6.81. The predicted molar refractivity (Wildman–Crippen MR) is 86.9 cm³/mol. The topological polar surface area (TPSA) is 60.7 Å². The predicted octanol–water partition coefficient (Wildman–Crippen LogP) is 3.13. The normalized spacial score (nSPS) is 11.9. The number of benzene rings is 1. The van der Waals surface area contributed by atoms with Gasteiger partial charge in [-0.1, -0.05) is 18.3 Å². The zero-order chi connectivity index (χ0) is 16.1. The molecule has 0 radical (unpaired) electrons. The molecule has 0 N–H and O–H groups in total. The molecule has 5 nitrogen and oxygen atoms in total. The van der Waals surface area contributed by atoms with E-state index < -0.39 is 0 Å². The second kappa shape index (κ2) is 7.35. The van der Waals surface area contributed by atoms with Crippen molar-refractivity contribution < 1.29 is 14.3 Å². The van der Waals surface area contributed by atoms with Crippen LogP contribution in [0.25, 0.3) is 10.2 Å². The minimum absolute atomic E-state index is 0.109. The number of carbonyl (C=O) groups is 2. The van der Waals surface area contributed by atoms with Gasteiger partial charge in [-0.05, 0) is 38.5 Å². The maximum Gasteiger partial charge on any atom is 0.338 e. The molecule has 0 atom stereocenters. The first-order valence-electron chi connectivity index (χ1n) is 7.48. The van der Waals surface area contributed by atoms with Crippen LogP contribution in [0, 0.1) is 0 Å². The Bertz CT molecular complexity index is 758. The van der Waals surface area contributed by atoms with E-state index in [1.54, 1.807) is 19.1 Å². The van der Waals surface area contributed by atoms with Crippen LogP contribution in [-0.4, -0.2) is 23.1 Å². The average Bonchev–Trinajstić information content (AvgIpc) is 2.83. The fourth-order valence-electron chi connectivity index (χ4n) is 2.18. The van der Waals surface area contributed by atoms with Gasteiger partial charge in [0.15, 0.2) is 4.80 Å². The first kappa shape index (κ1) is 16.4. The fourth-order valence-corrected chi connectivity index (χ4v) is 3.33. The molecule has 1 aromatic heterocycles. The van der Waals surface area contributed by atoms with Gasteiger partial charge in [-0.25, -0.2) is 4.79 Å². The average molecular weight is 320 g/mol. The summed E-state index contributed by atoms with van der Waals surface area (Å²) in [5.41, 5.74) is 1.49. The number of nitrogens with zero attached hydrogens (tertiary/aromatic N) is 2. The third-order valence-electron chi connectivity index (χ3n) is 3.19. The van der Waals surface area contributed by atoms with Crippen LogP contribution in [0.2, 0.25) is 0 Å². The molecule has 0 aliphatic rings. The van der Waals surface area contributed by atoms with Crippen molar-refractivity contribution in [2.45, 2.75) is 40.2 Å². The number of esters is 1. The molecular weight excluding hydrogens is 300 g/mol. The molecule has 1 heterocycles. The van der Waals surface area contributed by atoms with Crippen molar-refractivity contribution in [1.29, 1.82) is 0 Å². The molecular formula is C16H20N2O3S. The lowest BCUT2D eigenvalue weighted by Crippen LogP contribution is -2.15. The van der Waals surface area contributed by atoms with Crippen LogP contribution in [0.4, 0.5) is 0 Å². The molecule has 6 heteroatoms. The zero-order valence-corrected chi connectivity index (χ0v) is 13.9. The second-order valence-electron chi connectivity index (χ2n) is 4.79. The highest BCUT2D eigenvalue weighted by Crippen LogP contribution is 2.20. The Labute approximate surface area is 133 Å². The van der Waals surface area contributed by atoms with Crippen LogP contribution >= 0.6 is 11.3 Å². The van der Waals surface area contributed by atoms with Gasteiger partial charge in [-0.3, -0.25) is 4.79 Å². The van der Waals surface area contributed by atoms with Crippen LogP contribution in [0.1, 0.15) is 44.0 Å². The molecule has 0 saturated carbocycles. The Balaban J connectivity index is 2.51. The minimum Gasteiger partial charge on any atom is -0.462 e. The molecule has 0 fully saturated rings. The van der Waals surface area contributed by atoms with E-state index in [1.807, 2.05) is 24.5 Å². The number of rotatable bonds is 5. The van der Waals surface area contributed by atoms with Crippen molar-refractivity contribution in [1.82, 2.24) is 4.57 Å². The third kappa shape index (κ3) is 3.44. The van der Waals surface area contributed by atoms with Crippen LogP contribution in [0.15, 0.2) is 23.2 Å². The highest BCUT2D eigenvalue weighted by molar-refractivity contribution is 7.16. The van der Waals surface area contributed by atoms with Crippen LogP contribution in [0.5, 0.6) is 0 Å². The fraction of sp³-hybridized carbons (Fsp3) is 0.438. The Hall–Kier alpha value is -1.95. The standard InChI is InChI=1S/C16H20N2O3S/c1-4-7-14(19)17-16-18(5-2)12-9-8-11(10-13(12)22-16)15(20)21-6-3/h8-10H,4-7H2,1-3H3. The smallest absolute Gasteiger partial charge is 0.338 e. The highest BCUT2D eigenvalue weighted by atomic mass is 32.1. The zero-order valence-electron chi connectivity index (χ0n) is 13.1. The van der Waals surface area contributed by atoms with E-state index in [-0.39, 0.29) is 11.9 Å². The lowest BCUT2D eigenvalue weighted by molar-refractivity contribution is -0.118. The molecule has 1 amide bonds. The molecule has 0 spiro atoms. The number of aromatic nitrogens is 1. The van der Waals surface area contributed by atoms with Crippen LogP contribution in [0.3, 0.4) is 0 Å². The van der Waals surface area contributed by atoms with Gasteiger partial charge in [0.2, 0.25) is 5.91 Å². The molecule has 0 bridgehead atoms. The van der Waals surface area contributed by atoms with Crippen molar-refractivity contribution in [2.24, 2.45) is 4.99 Å². The van der Waals surface area contributed by atoms with E-state index in [1.165, 1.54) is 11.3 Å². The van der Waals surface area contributed by atoms with E-state index in [0.29, 0.717) is 23.4 Å². The number of hydrogen-bond acceptors (Lipinski definition) is 4.